The highest BCUT2D eigenvalue weighted by Gasteiger charge is 2.37. The van der Waals surface area contributed by atoms with E-state index >= 15 is 0 Å². The highest BCUT2D eigenvalue weighted by Crippen LogP contribution is 2.45. The van der Waals surface area contributed by atoms with E-state index in [-0.39, 0.29) is 17.0 Å². The van der Waals surface area contributed by atoms with Gasteiger partial charge in [-0.3, -0.25) is 9.59 Å². The first-order chi connectivity index (χ1) is 13.4. The maximum Gasteiger partial charge on any atom is 0.168 e. The fraction of sp³-hybridized carbons (Fsp3) is 0.200. The highest BCUT2D eigenvalue weighted by molar-refractivity contribution is 8.12. The molecule has 1 saturated carbocycles. The number of hydrogen-bond donors (Lipinski definition) is 0. The van der Waals surface area contributed by atoms with Crippen LogP contribution < -0.4 is 0 Å². The molecule has 0 spiro atoms. The third kappa shape index (κ3) is 3.81. The summed E-state index contributed by atoms with van der Waals surface area (Å²) in [5, 5.41) is 0. The van der Waals surface area contributed by atoms with E-state index in [1.165, 1.54) is 11.8 Å². The van der Waals surface area contributed by atoms with Gasteiger partial charge in [0.15, 0.2) is 11.6 Å². The molecular formula is C25H22O2S. The standard InChI is InChI=1S/C25H22O2S/c1-25(2)15-20(26)24(21(27)16-25)23-14-19(17-9-5-3-6-10-17)13-22(28-23)18-11-7-4-8-12-18/h3-14H,15-16H2,1-2H3. The Bertz CT molecular complexity index is 1000. The van der Waals surface area contributed by atoms with E-state index in [4.69, 9.17) is 0 Å². The molecule has 140 valence electrons. The van der Waals surface area contributed by atoms with Crippen molar-refractivity contribution in [1.29, 1.82) is 0 Å². The van der Waals surface area contributed by atoms with Crippen LogP contribution in [0.2, 0.25) is 0 Å². The Morgan fingerprint density at radius 2 is 1.29 bits per heavy atom. The van der Waals surface area contributed by atoms with Crippen LogP contribution in [0.25, 0.3) is 10.5 Å². The molecule has 0 atom stereocenters. The van der Waals surface area contributed by atoms with Gasteiger partial charge in [-0.15, -0.1) is 0 Å². The van der Waals surface area contributed by atoms with E-state index in [1.807, 2.05) is 56.3 Å². The molecule has 1 heterocycles. The van der Waals surface area contributed by atoms with Crippen LogP contribution in [0.1, 0.15) is 37.8 Å². The Labute approximate surface area is 170 Å². The Morgan fingerprint density at radius 1 is 0.750 bits per heavy atom. The molecule has 1 aliphatic heterocycles. The second kappa shape index (κ2) is 7.40. The molecule has 0 saturated heterocycles. The summed E-state index contributed by atoms with van der Waals surface area (Å²) in [7, 11) is 0. The van der Waals surface area contributed by atoms with Gasteiger partial charge in [0.1, 0.15) is 0 Å². The number of allylic oxidation sites excluding steroid dienone is 4. The minimum atomic E-state index is -0.262. The van der Waals surface area contributed by atoms with Crippen LogP contribution >= 0.6 is 11.8 Å². The Balaban J connectivity index is 1.85. The zero-order valence-corrected chi connectivity index (χ0v) is 16.9. The van der Waals surface area contributed by atoms with Crippen molar-refractivity contribution in [3.05, 3.63) is 94.4 Å². The molecule has 4 rings (SSSR count). The summed E-state index contributed by atoms with van der Waals surface area (Å²) in [6.07, 6.45) is 4.96. The summed E-state index contributed by atoms with van der Waals surface area (Å²) in [5.74, 6) is -0.0801. The third-order valence-electron chi connectivity index (χ3n) is 5.04. The van der Waals surface area contributed by atoms with Gasteiger partial charge >= 0.3 is 0 Å². The third-order valence-corrected chi connectivity index (χ3v) is 6.16. The number of hydrogen-bond acceptors (Lipinski definition) is 3. The van der Waals surface area contributed by atoms with Gasteiger partial charge in [0.2, 0.25) is 0 Å². The lowest BCUT2D eigenvalue weighted by atomic mass is 9.74. The molecule has 3 heteroatoms. The van der Waals surface area contributed by atoms with Crippen molar-refractivity contribution in [3.63, 3.8) is 0 Å². The Hall–Kier alpha value is -2.65. The SMILES string of the molecule is CC1(C)CC(=O)C(=C2C=C(c3ccccc3)C=C(c3ccccc3)S2)C(=O)C1. The number of carbonyl (C=O) groups excluding carboxylic acids is 2. The summed E-state index contributed by atoms with van der Waals surface area (Å²) >= 11 is 1.52. The monoisotopic (exact) mass is 386 g/mol. The van der Waals surface area contributed by atoms with E-state index in [2.05, 4.69) is 30.3 Å². The average molecular weight is 387 g/mol. The molecule has 0 bridgehead atoms. The number of benzene rings is 2. The fourth-order valence-electron chi connectivity index (χ4n) is 3.71. The van der Waals surface area contributed by atoms with Crippen LogP contribution in [0, 0.1) is 5.41 Å². The summed E-state index contributed by atoms with van der Waals surface area (Å²) in [4.78, 5) is 27.6. The average Bonchev–Trinajstić information content (AvgIpc) is 2.67. The lowest BCUT2D eigenvalue weighted by Crippen LogP contribution is -2.32. The van der Waals surface area contributed by atoms with Crippen molar-refractivity contribution >= 4 is 33.8 Å². The van der Waals surface area contributed by atoms with Gasteiger partial charge in [0.05, 0.1) is 5.57 Å². The molecule has 2 aromatic carbocycles. The molecule has 1 fully saturated rings. The van der Waals surface area contributed by atoms with Crippen molar-refractivity contribution in [2.75, 3.05) is 0 Å². The first-order valence-corrected chi connectivity index (χ1v) is 10.3. The predicted molar refractivity (Wildman–Crippen MR) is 116 cm³/mol. The summed E-state index contributed by atoms with van der Waals surface area (Å²) < 4.78 is 0. The van der Waals surface area contributed by atoms with Gasteiger partial charge in [-0.05, 0) is 34.3 Å². The number of rotatable bonds is 2. The molecule has 0 amide bonds. The first-order valence-electron chi connectivity index (χ1n) is 9.46. The first kappa shape index (κ1) is 18.7. The zero-order valence-electron chi connectivity index (χ0n) is 16.1. The highest BCUT2D eigenvalue weighted by atomic mass is 32.2. The predicted octanol–water partition coefficient (Wildman–Crippen LogP) is 6.07. The van der Waals surface area contributed by atoms with Gasteiger partial charge < -0.3 is 0 Å². The fourth-order valence-corrected chi connectivity index (χ4v) is 4.90. The van der Waals surface area contributed by atoms with Crippen LogP contribution in [0.5, 0.6) is 0 Å². The van der Waals surface area contributed by atoms with Crippen LogP contribution in [-0.4, -0.2) is 11.6 Å². The smallest absolute Gasteiger partial charge is 0.168 e. The van der Waals surface area contributed by atoms with Crippen molar-refractivity contribution in [2.45, 2.75) is 26.7 Å². The van der Waals surface area contributed by atoms with Gasteiger partial charge in [0.25, 0.3) is 0 Å². The van der Waals surface area contributed by atoms with Crippen LogP contribution in [-0.2, 0) is 9.59 Å². The molecule has 2 aliphatic rings. The molecule has 0 unspecified atom stereocenters. The molecule has 0 radical (unpaired) electrons. The van der Waals surface area contributed by atoms with Gasteiger partial charge in [-0.25, -0.2) is 0 Å². The second-order valence-corrected chi connectivity index (χ2v) is 9.13. The molecule has 1 aliphatic carbocycles. The van der Waals surface area contributed by atoms with Crippen molar-refractivity contribution < 1.29 is 9.59 Å². The van der Waals surface area contributed by atoms with Gasteiger partial charge in [-0.2, -0.15) is 0 Å². The minimum Gasteiger partial charge on any atom is -0.294 e. The Morgan fingerprint density at radius 3 is 1.86 bits per heavy atom. The lowest BCUT2D eigenvalue weighted by molar-refractivity contribution is -0.127. The van der Waals surface area contributed by atoms with E-state index in [9.17, 15) is 9.59 Å². The number of thioether (sulfide) groups is 1. The Kier molecular flexibility index (Phi) is 4.94. The van der Waals surface area contributed by atoms with Gasteiger partial charge in [0, 0.05) is 22.7 Å². The molecule has 2 nitrogen and oxygen atoms in total. The van der Waals surface area contributed by atoms with Crippen LogP contribution in [0.15, 0.2) is 83.3 Å². The second-order valence-electron chi connectivity index (χ2n) is 8.05. The number of Topliss-reactive ketones (excluding diaryl/α,β-unsaturated/α-hetero) is 2. The molecule has 2 aromatic rings. The minimum absolute atomic E-state index is 0.0401. The summed E-state index contributed by atoms with van der Waals surface area (Å²) in [6, 6.07) is 20.2. The molecule has 0 N–H and O–H groups in total. The summed E-state index contributed by atoms with van der Waals surface area (Å²) in [6.45, 7) is 3.97. The lowest BCUT2D eigenvalue weighted by Gasteiger charge is -2.30. The van der Waals surface area contributed by atoms with Crippen LogP contribution in [0.4, 0.5) is 0 Å². The maximum absolute atomic E-state index is 12.9. The summed E-state index contributed by atoms with van der Waals surface area (Å²) in [5.41, 5.74) is 3.29. The van der Waals surface area contributed by atoms with Crippen LogP contribution in [0.3, 0.4) is 0 Å². The van der Waals surface area contributed by atoms with Crippen molar-refractivity contribution in [2.24, 2.45) is 5.41 Å². The largest absolute Gasteiger partial charge is 0.294 e. The number of ketones is 2. The quantitative estimate of drug-likeness (QED) is 0.464. The zero-order chi connectivity index (χ0) is 19.7. The van der Waals surface area contributed by atoms with Gasteiger partial charge in [-0.1, -0.05) is 86.3 Å². The topological polar surface area (TPSA) is 34.1 Å². The number of carbonyl (C=O) groups is 2. The van der Waals surface area contributed by atoms with E-state index in [1.54, 1.807) is 0 Å². The normalized spacial score (nSPS) is 19.4. The maximum atomic E-state index is 12.9. The van der Waals surface area contributed by atoms with Crippen molar-refractivity contribution in [1.82, 2.24) is 0 Å². The van der Waals surface area contributed by atoms with E-state index in [0.29, 0.717) is 18.4 Å². The molecular weight excluding hydrogens is 364 g/mol. The molecule has 28 heavy (non-hydrogen) atoms. The van der Waals surface area contributed by atoms with E-state index in [0.717, 1.165) is 26.5 Å². The molecule has 0 aromatic heterocycles. The van der Waals surface area contributed by atoms with E-state index < -0.39 is 0 Å². The van der Waals surface area contributed by atoms with Crippen molar-refractivity contribution in [3.8, 4) is 0 Å².